The average Bonchev–Trinajstić information content (AvgIpc) is 2.28. The van der Waals surface area contributed by atoms with Gasteiger partial charge in [0.15, 0.2) is 0 Å². The van der Waals surface area contributed by atoms with Crippen molar-refractivity contribution in [3.8, 4) is 0 Å². The molecule has 2 atom stereocenters. The summed E-state index contributed by atoms with van der Waals surface area (Å²) >= 11 is 0. The summed E-state index contributed by atoms with van der Waals surface area (Å²) < 4.78 is 5.14. The predicted molar refractivity (Wildman–Crippen MR) is 52.5 cm³/mol. The Morgan fingerprint density at radius 1 is 1.64 bits per heavy atom. The van der Waals surface area contributed by atoms with Crippen LogP contribution in [0.15, 0.2) is 11.6 Å². The van der Waals surface area contributed by atoms with Crippen molar-refractivity contribution >= 4 is 5.97 Å². The molecule has 0 spiro atoms. The fourth-order valence-electron chi connectivity index (χ4n) is 1.27. The molecule has 0 heterocycles. The number of aliphatic hydroxyl groups excluding tert-OH is 1. The van der Waals surface area contributed by atoms with Crippen LogP contribution >= 0.6 is 0 Å². The van der Waals surface area contributed by atoms with Gasteiger partial charge < -0.3 is 15.6 Å². The standard InChI is InChI=1S/C10H17NO3/c1-10(2,3)14-9(13)6-4-7(11)8(12)5-6/h5,7-8,12H,4,11H2,1-3H3/t7-,8+/m1/s1. The van der Waals surface area contributed by atoms with E-state index in [1.165, 1.54) is 6.08 Å². The Morgan fingerprint density at radius 3 is 2.57 bits per heavy atom. The monoisotopic (exact) mass is 199 g/mol. The number of carbonyl (C=O) groups excluding carboxylic acids is 1. The average molecular weight is 199 g/mol. The van der Waals surface area contributed by atoms with Gasteiger partial charge in [0, 0.05) is 11.6 Å². The van der Waals surface area contributed by atoms with Crippen LogP contribution in [0.1, 0.15) is 27.2 Å². The fraction of sp³-hybridized carbons (Fsp3) is 0.700. The number of carbonyl (C=O) groups is 1. The third-order valence-electron chi connectivity index (χ3n) is 1.93. The molecule has 0 fully saturated rings. The SMILES string of the molecule is CC(C)(C)OC(=O)C1=C[C@H](O)[C@H](N)C1. The van der Waals surface area contributed by atoms with Crippen LogP contribution < -0.4 is 5.73 Å². The lowest BCUT2D eigenvalue weighted by Crippen LogP contribution is -2.29. The van der Waals surface area contributed by atoms with Crippen LogP contribution in [0.3, 0.4) is 0 Å². The lowest BCUT2D eigenvalue weighted by atomic mass is 10.1. The van der Waals surface area contributed by atoms with Crippen LogP contribution in [0, 0.1) is 0 Å². The number of aliphatic hydroxyl groups is 1. The molecule has 14 heavy (non-hydrogen) atoms. The molecular formula is C10H17NO3. The highest BCUT2D eigenvalue weighted by molar-refractivity contribution is 5.89. The first-order chi connectivity index (χ1) is 6.29. The molecule has 0 aromatic carbocycles. The zero-order valence-corrected chi connectivity index (χ0v) is 8.78. The lowest BCUT2D eigenvalue weighted by Gasteiger charge is -2.19. The van der Waals surface area contributed by atoms with Gasteiger partial charge in [-0.05, 0) is 33.3 Å². The molecule has 0 bridgehead atoms. The van der Waals surface area contributed by atoms with Gasteiger partial charge in [-0.1, -0.05) is 0 Å². The topological polar surface area (TPSA) is 72.5 Å². The lowest BCUT2D eigenvalue weighted by molar-refractivity contribution is -0.150. The van der Waals surface area contributed by atoms with E-state index in [1.54, 1.807) is 20.8 Å². The maximum atomic E-state index is 11.5. The molecule has 0 amide bonds. The van der Waals surface area contributed by atoms with Crippen molar-refractivity contribution in [3.05, 3.63) is 11.6 Å². The molecule has 0 unspecified atom stereocenters. The smallest absolute Gasteiger partial charge is 0.334 e. The Bertz CT molecular complexity index is 265. The molecule has 1 rings (SSSR count). The summed E-state index contributed by atoms with van der Waals surface area (Å²) in [4.78, 5) is 11.5. The van der Waals surface area contributed by atoms with Gasteiger partial charge in [0.2, 0.25) is 0 Å². The Kier molecular flexibility index (Phi) is 2.97. The van der Waals surface area contributed by atoms with E-state index in [-0.39, 0.29) is 12.0 Å². The summed E-state index contributed by atoms with van der Waals surface area (Å²) in [5.41, 5.74) is 5.53. The quantitative estimate of drug-likeness (QED) is 0.597. The van der Waals surface area contributed by atoms with Gasteiger partial charge in [-0.15, -0.1) is 0 Å². The van der Waals surface area contributed by atoms with E-state index < -0.39 is 11.7 Å². The Hall–Kier alpha value is -0.870. The van der Waals surface area contributed by atoms with Gasteiger partial charge in [-0.25, -0.2) is 4.79 Å². The van der Waals surface area contributed by atoms with E-state index in [9.17, 15) is 9.90 Å². The van der Waals surface area contributed by atoms with Gasteiger partial charge in [0.05, 0.1) is 6.10 Å². The molecule has 3 N–H and O–H groups in total. The van der Waals surface area contributed by atoms with E-state index in [4.69, 9.17) is 10.5 Å². The van der Waals surface area contributed by atoms with Crippen molar-refractivity contribution in [2.45, 2.75) is 44.9 Å². The molecule has 0 saturated heterocycles. The minimum atomic E-state index is -0.725. The molecule has 0 aromatic rings. The zero-order chi connectivity index (χ0) is 10.9. The van der Waals surface area contributed by atoms with Crippen LogP contribution in [-0.4, -0.2) is 28.8 Å². The summed E-state index contributed by atoms with van der Waals surface area (Å²) in [5, 5.41) is 9.31. The molecular weight excluding hydrogens is 182 g/mol. The molecule has 80 valence electrons. The third kappa shape index (κ3) is 2.82. The molecule has 0 radical (unpaired) electrons. The number of ether oxygens (including phenoxy) is 1. The maximum absolute atomic E-state index is 11.5. The normalized spacial score (nSPS) is 27.4. The second kappa shape index (κ2) is 3.71. The number of hydrogen-bond donors (Lipinski definition) is 2. The van der Waals surface area contributed by atoms with E-state index >= 15 is 0 Å². The first-order valence-corrected chi connectivity index (χ1v) is 4.67. The van der Waals surface area contributed by atoms with Gasteiger partial charge in [-0.3, -0.25) is 0 Å². The second-order valence-corrected chi connectivity index (χ2v) is 4.55. The highest BCUT2D eigenvalue weighted by atomic mass is 16.6. The summed E-state index contributed by atoms with van der Waals surface area (Å²) in [5.74, 6) is -0.385. The fourth-order valence-corrected chi connectivity index (χ4v) is 1.27. The molecule has 4 heteroatoms. The van der Waals surface area contributed by atoms with Crippen molar-refractivity contribution < 1.29 is 14.6 Å². The van der Waals surface area contributed by atoms with Crippen LogP contribution in [0.4, 0.5) is 0 Å². The minimum absolute atomic E-state index is 0.377. The highest BCUT2D eigenvalue weighted by Gasteiger charge is 2.29. The Morgan fingerprint density at radius 2 is 2.21 bits per heavy atom. The second-order valence-electron chi connectivity index (χ2n) is 4.55. The highest BCUT2D eigenvalue weighted by Crippen LogP contribution is 2.21. The molecule has 0 saturated carbocycles. The van der Waals surface area contributed by atoms with Crippen molar-refractivity contribution in [3.63, 3.8) is 0 Å². The first kappa shape index (κ1) is 11.2. The van der Waals surface area contributed by atoms with Crippen LogP contribution in [0.2, 0.25) is 0 Å². The van der Waals surface area contributed by atoms with Gasteiger partial charge in [0.25, 0.3) is 0 Å². The summed E-state index contributed by atoms with van der Waals surface area (Å²) in [7, 11) is 0. The van der Waals surface area contributed by atoms with Crippen molar-refractivity contribution in [2.24, 2.45) is 5.73 Å². The van der Waals surface area contributed by atoms with Crippen molar-refractivity contribution in [2.75, 3.05) is 0 Å². The summed E-state index contributed by atoms with van der Waals surface area (Å²) in [6, 6.07) is -0.377. The minimum Gasteiger partial charge on any atom is -0.457 e. The number of nitrogens with two attached hydrogens (primary N) is 1. The zero-order valence-electron chi connectivity index (χ0n) is 8.78. The van der Waals surface area contributed by atoms with Crippen LogP contribution in [0.5, 0.6) is 0 Å². The predicted octanol–water partition coefficient (Wildman–Crippen LogP) is 0.346. The summed E-state index contributed by atoms with van der Waals surface area (Å²) in [6.45, 7) is 5.41. The number of hydrogen-bond acceptors (Lipinski definition) is 4. The number of esters is 1. The third-order valence-corrected chi connectivity index (χ3v) is 1.93. The van der Waals surface area contributed by atoms with Crippen molar-refractivity contribution in [1.82, 2.24) is 0 Å². The largest absolute Gasteiger partial charge is 0.457 e. The van der Waals surface area contributed by atoms with E-state index in [1.807, 2.05) is 0 Å². The molecule has 1 aliphatic rings. The van der Waals surface area contributed by atoms with E-state index in [2.05, 4.69) is 0 Å². The Labute approximate surface area is 83.7 Å². The molecule has 0 aromatic heterocycles. The molecule has 0 aliphatic heterocycles. The van der Waals surface area contributed by atoms with Crippen LogP contribution in [0.25, 0.3) is 0 Å². The summed E-state index contributed by atoms with van der Waals surface area (Å²) in [6.07, 6.45) is 1.13. The van der Waals surface area contributed by atoms with Gasteiger partial charge in [-0.2, -0.15) is 0 Å². The van der Waals surface area contributed by atoms with Gasteiger partial charge in [0.1, 0.15) is 5.60 Å². The number of rotatable bonds is 1. The molecule has 4 nitrogen and oxygen atoms in total. The first-order valence-electron chi connectivity index (χ1n) is 4.67. The molecule has 1 aliphatic carbocycles. The Balaban J connectivity index is 2.60. The van der Waals surface area contributed by atoms with Crippen LogP contribution in [-0.2, 0) is 9.53 Å². The van der Waals surface area contributed by atoms with Gasteiger partial charge >= 0.3 is 5.97 Å². The van der Waals surface area contributed by atoms with E-state index in [0.717, 1.165) is 0 Å². The van der Waals surface area contributed by atoms with Crippen molar-refractivity contribution in [1.29, 1.82) is 0 Å². The van der Waals surface area contributed by atoms with E-state index in [0.29, 0.717) is 12.0 Å². The maximum Gasteiger partial charge on any atom is 0.334 e.